The van der Waals surface area contributed by atoms with Gasteiger partial charge in [0.1, 0.15) is 17.3 Å². The summed E-state index contributed by atoms with van der Waals surface area (Å²) < 4.78 is 12.3. The second kappa shape index (κ2) is 13.3. The predicted octanol–water partition coefficient (Wildman–Crippen LogP) is 3.38. The van der Waals surface area contributed by atoms with Gasteiger partial charge >= 0.3 is 5.97 Å². The van der Waals surface area contributed by atoms with E-state index >= 15 is 4.79 Å². The molecule has 12 heteroatoms. The Morgan fingerprint density at radius 3 is 2.53 bits per heavy atom. The number of hydrogen-bond acceptors (Lipinski definition) is 10. The molecular formula is C45H59N5O7. The number of hydrogen-bond donors (Lipinski definition) is 5. The van der Waals surface area contributed by atoms with E-state index < -0.39 is 51.5 Å². The lowest BCUT2D eigenvalue weighted by Crippen LogP contribution is -2.81. The Balaban J connectivity index is 1.36. The van der Waals surface area contributed by atoms with Crippen LogP contribution in [0.2, 0.25) is 0 Å². The van der Waals surface area contributed by atoms with Crippen molar-refractivity contribution in [1.29, 1.82) is 0 Å². The fourth-order valence-electron chi connectivity index (χ4n) is 13.3. The van der Waals surface area contributed by atoms with E-state index in [0.717, 1.165) is 46.5 Å². The van der Waals surface area contributed by atoms with Crippen LogP contribution >= 0.6 is 0 Å². The number of methoxy groups -OCH3 is 2. The van der Waals surface area contributed by atoms with Gasteiger partial charge in [0, 0.05) is 90.6 Å². The number of nitrogens with one attached hydrogen (secondary N) is 2. The van der Waals surface area contributed by atoms with E-state index in [0.29, 0.717) is 76.0 Å². The smallest absolute Gasteiger partial charge is 0.322 e. The molecule has 3 aromatic rings. The number of esters is 1. The average molecular weight is 782 g/mol. The summed E-state index contributed by atoms with van der Waals surface area (Å²) in [6.45, 7) is 9.62. The van der Waals surface area contributed by atoms with E-state index in [-0.39, 0.29) is 12.0 Å². The van der Waals surface area contributed by atoms with Gasteiger partial charge in [-0.3, -0.25) is 19.4 Å². The summed E-state index contributed by atoms with van der Waals surface area (Å²) in [7, 11) is 4.98. The lowest BCUT2D eigenvalue weighted by Gasteiger charge is -2.63. The lowest BCUT2D eigenvalue weighted by atomic mass is 9.47. The number of carbonyl (C=O) groups is 2. The van der Waals surface area contributed by atoms with Crippen LogP contribution in [0.5, 0.6) is 5.75 Å². The maximum absolute atomic E-state index is 15.3. The number of aromatic amines is 1. The van der Waals surface area contributed by atoms with Crippen molar-refractivity contribution in [3.63, 3.8) is 0 Å². The molecule has 306 valence electrons. The molecule has 5 N–H and O–H groups in total. The normalized spacial score (nSPS) is 38.0. The van der Waals surface area contributed by atoms with Crippen molar-refractivity contribution in [3.8, 4) is 5.75 Å². The molecule has 10 atom stereocenters. The first-order chi connectivity index (χ1) is 27.3. The molecule has 6 heterocycles. The molecule has 57 heavy (non-hydrogen) atoms. The van der Waals surface area contributed by atoms with Crippen molar-refractivity contribution in [2.75, 3.05) is 65.4 Å². The summed E-state index contributed by atoms with van der Waals surface area (Å²) in [6, 6.07) is 11.2. The molecule has 1 saturated carbocycles. The van der Waals surface area contributed by atoms with Gasteiger partial charge in [0.05, 0.1) is 25.9 Å². The van der Waals surface area contributed by atoms with E-state index in [1.807, 2.05) is 50.9 Å². The van der Waals surface area contributed by atoms with Gasteiger partial charge in [0.2, 0.25) is 0 Å². The molecule has 0 radical (unpaired) electrons. The number of benzene rings is 2. The average Bonchev–Trinajstić information content (AvgIpc) is 3.88. The zero-order valence-corrected chi connectivity index (χ0v) is 34.2. The Labute approximate surface area is 335 Å². The molecule has 1 spiro atoms. The largest absolute Gasteiger partial charge is 0.496 e. The quantitative estimate of drug-likeness (QED) is 0.179. The van der Waals surface area contributed by atoms with Crippen LogP contribution in [0.15, 0.2) is 48.6 Å². The van der Waals surface area contributed by atoms with Gasteiger partial charge in [-0.1, -0.05) is 44.2 Å². The summed E-state index contributed by atoms with van der Waals surface area (Å²) in [6.07, 6.45) is 6.04. The number of aliphatic hydroxyl groups excluding tert-OH is 1. The van der Waals surface area contributed by atoms with Gasteiger partial charge in [-0.2, -0.15) is 0 Å². The second-order valence-electron chi connectivity index (χ2n) is 18.0. The van der Waals surface area contributed by atoms with Gasteiger partial charge in [0.15, 0.2) is 5.60 Å². The van der Waals surface area contributed by atoms with Crippen LogP contribution < -0.4 is 15.0 Å². The van der Waals surface area contributed by atoms with Gasteiger partial charge < -0.3 is 40.0 Å². The van der Waals surface area contributed by atoms with E-state index in [1.165, 1.54) is 7.11 Å². The highest BCUT2D eigenvalue weighted by Gasteiger charge is 2.78. The summed E-state index contributed by atoms with van der Waals surface area (Å²) in [5, 5.41) is 41.6. The van der Waals surface area contributed by atoms with E-state index in [9.17, 15) is 20.1 Å². The monoisotopic (exact) mass is 781 g/mol. The van der Waals surface area contributed by atoms with Gasteiger partial charge in [-0.05, 0) is 81.2 Å². The number of para-hydroxylation sites is 1. The summed E-state index contributed by atoms with van der Waals surface area (Å²) >= 11 is 0. The minimum Gasteiger partial charge on any atom is -0.496 e. The number of H-pyrrole nitrogens is 1. The maximum atomic E-state index is 15.3. The van der Waals surface area contributed by atoms with Crippen LogP contribution in [0.1, 0.15) is 75.3 Å². The number of fused-ring (bicyclic) bond motifs is 6. The molecule has 1 unspecified atom stereocenters. The topological polar surface area (TPSA) is 151 Å². The number of amides is 1. The number of aromatic nitrogens is 1. The summed E-state index contributed by atoms with van der Waals surface area (Å²) in [4.78, 5) is 40.2. The Hall–Kier alpha value is -3.94. The van der Waals surface area contributed by atoms with E-state index in [4.69, 9.17) is 9.47 Å². The van der Waals surface area contributed by atoms with Crippen LogP contribution in [0.3, 0.4) is 0 Å². The molecule has 1 aliphatic carbocycles. The molecular weight excluding hydrogens is 723 g/mol. The molecule has 2 aromatic carbocycles. The van der Waals surface area contributed by atoms with Gasteiger partial charge in [-0.15, -0.1) is 0 Å². The fraction of sp³-hybridized carbons (Fsp3) is 0.600. The fourth-order valence-corrected chi connectivity index (χ4v) is 13.3. The highest BCUT2D eigenvalue weighted by atomic mass is 16.5. The third-order valence-corrected chi connectivity index (χ3v) is 15.5. The third-order valence-electron chi connectivity index (χ3n) is 15.5. The molecule has 1 aromatic heterocycles. The Morgan fingerprint density at radius 2 is 1.81 bits per heavy atom. The van der Waals surface area contributed by atoms with Crippen LogP contribution in [-0.2, 0) is 31.6 Å². The predicted molar refractivity (Wildman–Crippen MR) is 218 cm³/mol. The molecule has 9 rings (SSSR count). The zero-order chi connectivity index (χ0) is 40.3. The maximum Gasteiger partial charge on any atom is 0.322 e. The lowest BCUT2D eigenvalue weighted by molar-refractivity contribution is -0.203. The van der Waals surface area contributed by atoms with Crippen molar-refractivity contribution in [3.05, 3.63) is 70.9 Å². The molecule has 3 fully saturated rings. The molecule has 6 aliphatic rings. The first kappa shape index (κ1) is 38.6. The number of rotatable bonds is 7. The van der Waals surface area contributed by atoms with Crippen LogP contribution in [-0.4, -0.2) is 132 Å². The molecule has 12 nitrogen and oxygen atoms in total. The van der Waals surface area contributed by atoms with Gasteiger partial charge in [-0.25, -0.2) is 0 Å². The molecule has 2 bridgehead atoms. The standard InChI is InChI=1S/C45H59N5O7/c1-7-41(54)23-27-24-44(40(53)57-6,35-29(15-19-49(25-27)26-41)28-13-10-11-14-32(28)47-35)31-21-30-33(22-34(31)56-5)48(4)37-43(30)17-20-50-18-12-16-42(8-2,36(43)50)38(51)45(37,55)39(52)46-9-3/h10-14,16,21-22,27,36-38,47,51,54-55H,7-9,15,17-20,23-26H2,1-6H3,(H,46,52)/t27-,36+,37-,38-,41+,42-,43-,44+,45+/m1/s1. The third kappa shape index (κ3) is 4.91. The minimum atomic E-state index is -2.18. The molecule has 2 saturated heterocycles. The first-order valence-electron chi connectivity index (χ1n) is 21.0. The number of aliphatic hydroxyl groups is 3. The number of likely N-dealkylation sites (N-methyl/N-ethyl adjacent to an activating group) is 2. The highest BCUT2D eigenvalue weighted by Crippen LogP contribution is 2.67. The number of piperidine rings is 1. The molecule has 1 amide bonds. The van der Waals surface area contributed by atoms with Crippen molar-refractivity contribution in [2.45, 2.75) is 99.5 Å². The number of carbonyl (C=O) groups excluding carboxylic acids is 2. The van der Waals surface area contributed by atoms with Crippen LogP contribution in [0.25, 0.3) is 10.9 Å². The van der Waals surface area contributed by atoms with Crippen LogP contribution in [0.4, 0.5) is 5.69 Å². The first-order valence-corrected chi connectivity index (χ1v) is 21.0. The SMILES string of the molecule is CCNC(=O)[C@@]1(O)[C@H](O)[C@]2(CC)C=CCN3CC[C@@]4(c5cc([C@@]6(C(=O)OC)C[C@@H]7CN(CCc8c6[nH]c6ccccc86)C[C@](O)(CC)C7)c(OC)cc5N(C)[C@@H]14)[C@@H]32. The van der Waals surface area contributed by atoms with Crippen molar-refractivity contribution in [1.82, 2.24) is 20.1 Å². The van der Waals surface area contributed by atoms with Crippen molar-refractivity contribution in [2.24, 2.45) is 11.3 Å². The number of nitrogens with zero attached hydrogens (tertiary/aromatic N) is 3. The molecule has 5 aliphatic heterocycles. The Morgan fingerprint density at radius 1 is 1.02 bits per heavy atom. The number of ether oxygens (including phenoxy) is 2. The highest BCUT2D eigenvalue weighted by molar-refractivity contribution is 5.95. The van der Waals surface area contributed by atoms with Crippen LogP contribution in [0, 0.1) is 11.3 Å². The summed E-state index contributed by atoms with van der Waals surface area (Å²) in [5.74, 6) is -0.585. The Kier molecular flexibility index (Phi) is 8.99. The number of anilines is 1. The van der Waals surface area contributed by atoms with E-state index in [2.05, 4.69) is 50.5 Å². The van der Waals surface area contributed by atoms with Gasteiger partial charge in [0.25, 0.3) is 5.91 Å². The van der Waals surface area contributed by atoms with Crippen molar-refractivity contribution >= 4 is 28.5 Å². The second-order valence-corrected chi connectivity index (χ2v) is 18.0. The van der Waals surface area contributed by atoms with E-state index in [1.54, 1.807) is 7.11 Å². The summed E-state index contributed by atoms with van der Waals surface area (Å²) in [5.41, 5.74) is -1.11. The minimum absolute atomic E-state index is 0.0717. The Bertz CT molecular complexity index is 2150. The van der Waals surface area contributed by atoms with Crippen molar-refractivity contribution < 1.29 is 34.4 Å². The zero-order valence-electron chi connectivity index (χ0n) is 34.2.